The van der Waals surface area contributed by atoms with Crippen molar-refractivity contribution < 1.29 is 0 Å². The lowest BCUT2D eigenvalue weighted by atomic mass is 9.79. The first-order valence-corrected chi connectivity index (χ1v) is 10.9. The lowest BCUT2D eigenvalue weighted by Gasteiger charge is -2.25. The summed E-state index contributed by atoms with van der Waals surface area (Å²) in [6.07, 6.45) is 1.06. The van der Waals surface area contributed by atoms with Crippen LogP contribution in [0.15, 0.2) is 53.9 Å². The van der Waals surface area contributed by atoms with Gasteiger partial charge in [-0.15, -0.1) is 22.7 Å². The van der Waals surface area contributed by atoms with Gasteiger partial charge in [0.1, 0.15) is 0 Å². The topological polar surface area (TPSA) is 0 Å². The van der Waals surface area contributed by atoms with Gasteiger partial charge in [0.05, 0.1) is 0 Å². The van der Waals surface area contributed by atoms with Crippen molar-refractivity contribution in [1.29, 1.82) is 0 Å². The number of fused-ring (bicyclic) bond motifs is 2. The Balaban J connectivity index is 1.77. The van der Waals surface area contributed by atoms with Crippen LogP contribution in [0, 0.1) is 0 Å². The van der Waals surface area contributed by atoms with Gasteiger partial charge >= 0.3 is 0 Å². The summed E-state index contributed by atoms with van der Waals surface area (Å²) in [4.78, 5) is 1.47. The van der Waals surface area contributed by atoms with Crippen molar-refractivity contribution in [2.75, 3.05) is 0 Å². The quantitative estimate of drug-likeness (QED) is 0.339. The smallest absolute Gasteiger partial charge is 0.0378 e. The average Bonchev–Trinajstić information content (AvgIpc) is 3.19. The first-order valence-electron chi connectivity index (χ1n) is 9.24. The zero-order chi connectivity index (χ0) is 18.5. The lowest BCUT2D eigenvalue weighted by molar-refractivity contribution is 0.531. The molecule has 0 aliphatic rings. The Hall–Kier alpha value is -1.64. The van der Waals surface area contributed by atoms with E-state index in [0.29, 0.717) is 0 Å². The van der Waals surface area contributed by atoms with Crippen molar-refractivity contribution in [3.63, 3.8) is 0 Å². The average molecular weight is 379 g/mol. The first-order chi connectivity index (χ1) is 12.3. The molecule has 0 saturated heterocycles. The highest BCUT2D eigenvalue weighted by Crippen LogP contribution is 2.41. The molecule has 0 bridgehead atoms. The molecule has 4 aromatic rings. The van der Waals surface area contributed by atoms with Gasteiger partial charge in [-0.2, -0.15) is 0 Å². The molecular formula is C24H26S2. The van der Waals surface area contributed by atoms with E-state index in [1.54, 1.807) is 0 Å². The van der Waals surface area contributed by atoms with Gasteiger partial charge in [0, 0.05) is 14.3 Å². The second-order valence-corrected chi connectivity index (χ2v) is 10.9. The van der Waals surface area contributed by atoms with Crippen LogP contribution >= 0.6 is 22.7 Å². The van der Waals surface area contributed by atoms with E-state index in [1.807, 2.05) is 22.7 Å². The second kappa shape index (κ2) is 6.21. The molecule has 0 fully saturated rings. The van der Waals surface area contributed by atoms with E-state index in [-0.39, 0.29) is 10.8 Å². The third-order valence-electron chi connectivity index (χ3n) is 5.21. The number of hydrogen-bond donors (Lipinski definition) is 0. The Labute approximate surface area is 164 Å². The van der Waals surface area contributed by atoms with Crippen LogP contribution in [-0.2, 0) is 17.3 Å². The molecule has 0 atom stereocenters. The molecule has 26 heavy (non-hydrogen) atoms. The predicted molar refractivity (Wildman–Crippen MR) is 119 cm³/mol. The number of rotatable bonds is 3. The highest BCUT2D eigenvalue weighted by molar-refractivity contribution is 7.19. The van der Waals surface area contributed by atoms with E-state index in [0.717, 1.165) is 6.42 Å². The predicted octanol–water partition coefficient (Wildman–Crippen LogP) is 7.93. The summed E-state index contributed by atoms with van der Waals surface area (Å²) in [6, 6.07) is 18.0. The monoisotopic (exact) mass is 378 g/mol. The highest BCUT2D eigenvalue weighted by Gasteiger charge is 2.26. The molecule has 0 amide bonds. The van der Waals surface area contributed by atoms with Gasteiger partial charge in [-0.3, -0.25) is 0 Å². The van der Waals surface area contributed by atoms with Gasteiger partial charge in [0.25, 0.3) is 0 Å². The Morgan fingerprint density at radius 3 is 2.42 bits per heavy atom. The van der Waals surface area contributed by atoms with E-state index < -0.39 is 0 Å². The van der Waals surface area contributed by atoms with Crippen LogP contribution in [0.1, 0.15) is 50.6 Å². The molecule has 2 aromatic carbocycles. The van der Waals surface area contributed by atoms with Crippen LogP contribution in [0.25, 0.3) is 20.2 Å². The largest absolute Gasteiger partial charge is 0.144 e. The molecule has 134 valence electrons. The molecule has 2 heterocycles. The minimum atomic E-state index is 0.111. The van der Waals surface area contributed by atoms with Gasteiger partial charge < -0.3 is 0 Å². The Kier molecular flexibility index (Phi) is 4.24. The normalized spacial score (nSPS) is 13.0. The van der Waals surface area contributed by atoms with Gasteiger partial charge in [-0.25, -0.2) is 0 Å². The van der Waals surface area contributed by atoms with Crippen LogP contribution in [-0.4, -0.2) is 0 Å². The van der Waals surface area contributed by atoms with Crippen molar-refractivity contribution in [3.05, 3.63) is 69.9 Å². The molecule has 0 unspecified atom stereocenters. The van der Waals surface area contributed by atoms with Crippen LogP contribution in [0.3, 0.4) is 0 Å². The molecule has 4 rings (SSSR count). The maximum absolute atomic E-state index is 2.39. The third kappa shape index (κ3) is 3.10. The number of thiophene rings is 2. The Morgan fingerprint density at radius 2 is 1.65 bits per heavy atom. The summed E-state index contributed by atoms with van der Waals surface area (Å²) < 4.78 is 2.85. The van der Waals surface area contributed by atoms with Crippen LogP contribution in [0.5, 0.6) is 0 Å². The van der Waals surface area contributed by atoms with Gasteiger partial charge in [0.2, 0.25) is 0 Å². The van der Waals surface area contributed by atoms with E-state index in [9.17, 15) is 0 Å². The van der Waals surface area contributed by atoms with Crippen LogP contribution in [0.2, 0.25) is 0 Å². The lowest BCUT2D eigenvalue weighted by Crippen LogP contribution is -2.20. The Morgan fingerprint density at radius 1 is 0.885 bits per heavy atom. The maximum Gasteiger partial charge on any atom is 0.0378 e. The van der Waals surface area contributed by atoms with E-state index >= 15 is 0 Å². The summed E-state index contributed by atoms with van der Waals surface area (Å²) in [6.45, 7) is 11.7. The minimum Gasteiger partial charge on any atom is -0.144 e. The summed E-state index contributed by atoms with van der Waals surface area (Å²) in [5.74, 6) is 0. The van der Waals surface area contributed by atoms with Crippen molar-refractivity contribution >= 4 is 42.8 Å². The molecule has 0 N–H and O–H groups in total. The molecule has 0 saturated carbocycles. The number of hydrogen-bond acceptors (Lipinski definition) is 2. The van der Waals surface area contributed by atoms with E-state index in [1.165, 1.54) is 36.2 Å². The molecule has 0 nitrogen and oxygen atoms in total. The van der Waals surface area contributed by atoms with E-state index in [2.05, 4.69) is 88.5 Å². The Bertz CT molecular complexity index is 1070. The summed E-state index contributed by atoms with van der Waals surface area (Å²) in [7, 11) is 0. The molecule has 0 radical (unpaired) electrons. The highest BCUT2D eigenvalue weighted by atomic mass is 32.1. The summed E-state index contributed by atoms with van der Waals surface area (Å²) >= 11 is 3.84. The fraction of sp³-hybridized carbons (Fsp3) is 0.333. The van der Waals surface area contributed by atoms with E-state index in [4.69, 9.17) is 0 Å². The van der Waals surface area contributed by atoms with Gasteiger partial charge in [0.15, 0.2) is 0 Å². The van der Waals surface area contributed by atoms with Crippen LogP contribution in [0.4, 0.5) is 0 Å². The molecule has 0 aliphatic carbocycles. The van der Waals surface area contributed by atoms with Crippen molar-refractivity contribution in [2.24, 2.45) is 0 Å². The zero-order valence-electron chi connectivity index (χ0n) is 16.2. The molecule has 2 heteroatoms. The molecular weight excluding hydrogens is 352 g/mol. The van der Waals surface area contributed by atoms with Gasteiger partial charge in [-0.1, -0.05) is 71.0 Å². The van der Waals surface area contributed by atoms with Gasteiger partial charge in [-0.05, 0) is 56.7 Å². The second-order valence-electron chi connectivity index (χ2n) is 8.90. The van der Waals surface area contributed by atoms with Crippen molar-refractivity contribution in [1.82, 2.24) is 0 Å². The molecule has 2 aromatic heterocycles. The summed E-state index contributed by atoms with van der Waals surface area (Å²) in [5.41, 5.74) is 3.27. The zero-order valence-corrected chi connectivity index (χ0v) is 17.9. The fourth-order valence-electron chi connectivity index (χ4n) is 3.71. The fourth-order valence-corrected chi connectivity index (χ4v) is 6.09. The molecule has 0 aliphatic heterocycles. The minimum absolute atomic E-state index is 0.111. The first kappa shape index (κ1) is 17.8. The standard InChI is InChI=1S/C24H26S2/c1-23(2,3)21-13-16-9-8-10-17(22(16)26-21)14-24(4,5)19-15-25-20-12-7-6-11-18(19)20/h6-13,15H,14H2,1-5H3. The SMILES string of the molecule is CC(C)(C)c1cc2cccc(CC(C)(C)c3csc4ccccc34)c2s1. The van der Waals surface area contributed by atoms with Crippen molar-refractivity contribution in [3.8, 4) is 0 Å². The summed E-state index contributed by atoms with van der Waals surface area (Å²) in [5, 5.41) is 5.17. The third-order valence-corrected chi connectivity index (χ3v) is 7.82. The van der Waals surface area contributed by atoms with Crippen LogP contribution < -0.4 is 0 Å². The number of benzene rings is 2. The van der Waals surface area contributed by atoms with Crippen molar-refractivity contribution in [2.45, 2.75) is 51.9 Å². The molecule has 0 spiro atoms. The maximum atomic E-state index is 2.39.